The van der Waals surface area contributed by atoms with Crippen LogP contribution in [0.5, 0.6) is 0 Å². The second kappa shape index (κ2) is 8.77. The Morgan fingerprint density at radius 2 is 1.92 bits per heavy atom. The average molecular weight is 379 g/mol. The number of likely N-dealkylation sites (tertiary alicyclic amines) is 1. The summed E-state index contributed by atoms with van der Waals surface area (Å²) in [6.45, 7) is 0.956. The average Bonchev–Trinajstić information content (AvgIpc) is 2.87. The third kappa shape index (κ3) is 5.42. The molecule has 9 heteroatoms. The van der Waals surface area contributed by atoms with Crippen LogP contribution in [0.15, 0.2) is 35.2 Å². The Bertz CT molecular complexity index is 641. The van der Waals surface area contributed by atoms with Gasteiger partial charge in [-0.1, -0.05) is 18.2 Å². The normalized spacial score (nSPS) is 21.6. The summed E-state index contributed by atoms with van der Waals surface area (Å²) in [5.74, 6) is -0.983. The van der Waals surface area contributed by atoms with E-state index < -0.39 is 21.9 Å². The Labute approximate surface area is 148 Å². The van der Waals surface area contributed by atoms with E-state index >= 15 is 0 Å². The number of hydrogen-bond donors (Lipinski definition) is 2. The number of β-amino-alcohol motifs (C(OH)–C–C–N with tert-alkyl or cyclic N) is 1. The zero-order chi connectivity index (χ0) is 17.0. The maximum absolute atomic E-state index is 12.3. The first kappa shape index (κ1) is 20.9. The molecule has 24 heavy (non-hydrogen) atoms. The van der Waals surface area contributed by atoms with Crippen LogP contribution < -0.4 is 0 Å². The maximum atomic E-state index is 12.3. The molecule has 1 unspecified atom stereocenters. The van der Waals surface area contributed by atoms with Gasteiger partial charge in [0, 0.05) is 25.7 Å². The monoisotopic (exact) mass is 378 g/mol. The predicted octanol–water partition coefficient (Wildman–Crippen LogP) is -0.0564. The molecule has 1 fully saturated rings. The molecule has 0 amide bonds. The van der Waals surface area contributed by atoms with Crippen molar-refractivity contribution in [2.24, 2.45) is 0 Å². The van der Waals surface area contributed by atoms with Gasteiger partial charge in [0.25, 0.3) is 0 Å². The quantitative estimate of drug-likeness (QED) is 0.686. The van der Waals surface area contributed by atoms with Crippen LogP contribution in [0.25, 0.3) is 0 Å². The number of aliphatic carboxylic acids is 1. The molecule has 0 saturated carbocycles. The molecule has 1 aromatic carbocycles. The molecule has 0 radical (unpaired) electrons. The summed E-state index contributed by atoms with van der Waals surface area (Å²) in [5.41, 5.74) is 0. The molecule has 1 saturated heterocycles. The van der Waals surface area contributed by atoms with Gasteiger partial charge in [-0.15, -0.1) is 12.4 Å². The fraction of sp³-hybridized carbons (Fsp3) is 0.533. The zero-order valence-corrected chi connectivity index (χ0v) is 15.0. The number of hydrogen-bond acceptors (Lipinski definition) is 6. The number of aliphatic hydroxyl groups is 1. The van der Waals surface area contributed by atoms with E-state index in [0.717, 1.165) is 0 Å². The summed E-state index contributed by atoms with van der Waals surface area (Å²) in [6.07, 6.45) is -0.682. The number of carboxylic acid groups (broad SMARTS) is 1. The molecule has 0 aliphatic carbocycles. The lowest BCUT2D eigenvalue weighted by molar-refractivity contribution is -0.138. The largest absolute Gasteiger partial charge is 0.480 e. The molecule has 1 aliphatic rings. The van der Waals surface area contributed by atoms with Crippen LogP contribution in [0.1, 0.15) is 0 Å². The van der Waals surface area contributed by atoms with Gasteiger partial charge in [-0.05, 0) is 19.2 Å². The minimum Gasteiger partial charge on any atom is -0.480 e. The Kier molecular flexibility index (Phi) is 7.62. The van der Waals surface area contributed by atoms with Crippen molar-refractivity contribution in [1.29, 1.82) is 0 Å². The van der Waals surface area contributed by atoms with Crippen molar-refractivity contribution >= 4 is 28.2 Å². The number of aliphatic hydroxyl groups excluding tert-OH is 1. The van der Waals surface area contributed by atoms with E-state index in [9.17, 15) is 18.3 Å². The second-order valence-electron chi connectivity index (χ2n) is 5.84. The number of halogens is 1. The van der Waals surface area contributed by atoms with Gasteiger partial charge in [-0.3, -0.25) is 14.6 Å². The Balaban J connectivity index is 0.00000288. The number of likely N-dealkylation sites (N-methyl/N-ethyl adjacent to an activating group) is 1. The Morgan fingerprint density at radius 3 is 2.50 bits per heavy atom. The molecule has 0 aromatic heterocycles. The van der Waals surface area contributed by atoms with Gasteiger partial charge in [0.15, 0.2) is 9.84 Å². The van der Waals surface area contributed by atoms with Crippen LogP contribution in [0.2, 0.25) is 0 Å². The first-order valence-corrected chi connectivity index (χ1v) is 9.05. The highest BCUT2D eigenvalue weighted by Gasteiger charge is 2.35. The fourth-order valence-corrected chi connectivity index (χ4v) is 4.09. The second-order valence-corrected chi connectivity index (χ2v) is 7.94. The number of carbonyl (C=O) groups is 1. The summed E-state index contributed by atoms with van der Waals surface area (Å²) in [4.78, 5) is 14.5. The van der Waals surface area contributed by atoms with Crippen molar-refractivity contribution in [3.63, 3.8) is 0 Å². The van der Waals surface area contributed by atoms with Crippen LogP contribution in [0.4, 0.5) is 0 Å². The lowest BCUT2D eigenvalue weighted by Crippen LogP contribution is -2.43. The van der Waals surface area contributed by atoms with E-state index in [1.54, 1.807) is 42.3 Å². The van der Waals surface area contributed by atoms with Crippen molar-refractivity contribution in [2.45, 2.75) is 17.0 Å². The number of nitrogens with zero attached hydrogens (tertiary/aromatic N) is 2. The van der Waals surface area contributed by atoms with Crippen molar-refractivity contribution in [2.75, 3.05) is 39.0 Å². The first-order valence-electron chi connectivity index (χ1n) is 7.40. The molecule has 2 rings (SSSR count). The van der Waals surface area contributed by atoms with Crippen LogP contribution >= 0.6 is 12.4 Å². The van der Waals surface area contributed by atoms with Crippen LogP contribution in [0.3, 0.4) is 0 Å². The lowest BCUT2D eigenvalue weighted by Gasteiger charge is -2.24. The van der Waals surface area contributed by atoms with E-state index in [4.69, 9.17) is 5.11 Å². The lowest BCUT2D eigenvalue weighted by atomic mass is 10.2. The zero-order valence-electron chi connectivity index (χ0n) is 13.4. The molecule has 0 bridgehead atoms. The highest BCUT2D eigenvalue weighted by Crippen LogP contribution is 2.16. The third-order valence-electron chi connectivity index (χ3n) is 4.06. The van der Waals surface area contributed by atoms with Crippen molar-refractivity contribution in [3.05, 3.63) is 30.3 Å². The van der Waals surface area contributed by atoms with Crippen LogP contribution in [-0.2, 0) is 14.6 Å². The minimum absolute atomic E-state index is 0. The van der Waals surface area contributed by atoms with Crippen molar-refractivity contribution in [3.8, 4) is 0 Å². The Hall–Kier alpha value is -1.19. The number of benzene rings is 1. The van der Waals surface area contributed by atoms with Gasteiger partial charge in [-0.25, -0.2) is 8.42 Å². The molecule has 2 atom stereocenters. The smallest absolute Gasteiger partial charge is 0.317 e. The molecule has 1 heterocycles. The van der Waals surface area contributed by atoms with Crippen LogP contribution in [0, 0.1) is 0 Å². The predicted molar refractivity (Wildman–Crippen MR) is 92.2 cm³/mol. The number of carboxylic acids is 1. The van der Waals surface area contributed by atoms with E-state index in [1.165, 1.54) is 0 Å². The molecule has 136 valence electrons. The molecular weight excluding hydrogens is 356 g/mol. The Morgan fingerprint density at radius 1 is 1.29 bits per heavy atom. The standard InChI is InChI=1S/C15H22N2O5S.ClH/c1-16(11-15(19)20)13-9-17(10-14(13)18)7-8-23(21,22)12-5-3-2-4-6-12;/h2-6,13-14,18H,7-11H2,1H3,(H,19,20);1H/t13?,14-;/m1./s1. The SMILES string of the molecule is CN(CC(=O)O)C1CN(CCS(=O)(=O)c2ccccc2)C[C@H]1O.Cl. The summed E-state index contributed by atoms with van der Waals surface area (Å²) in [7, 11) is -1.71. The highest BCUT2D eigenvalue weighted by molar-refractivity contribution is 7.91. The van der Waals surface area contributed by atoms with Gasteiger partial charge in [0.2, 0.25) is 0 Å². The minimum atomic E-state index is -3.35. The van der Waals surface area contributed by atoms with Gasteiger partial charge in [0.05, 0.1) is 23.3 Å². The van der Waals surface area contributed by atoms with E-state index in [1.807, 2.05) is 4.90 Å². The van der Waals surface area contributed by atoms with Crippen LogP contribution in [-0.4, -0.2) is 85.5 Å². The first-order chi connectivity index (χ1) is 10.8. The topological polar surface area (TPSA) is 98.2 Å². The summed E-state index contributed by atoms with van der Waals surface area (Å²) in [6, 6.07) is 7.96. The third-order valence-corrected chi connectivity index (χ3v) is 5.77. The highest BCUT2D eigenvalue weighted by atomic mass is 35.5. The molecule has 7 nitrogen and oxygen atoms in total. The van der Waals surface area contributed by atoms with E-state index in [2.05, 4.69) is 0 Å². The van der Waals surface area contributed by atoms with Gasteiger partial charge >= 0.3 is 5.97 Å². The van der Waals surface area contributed by atoms with Gasteiger partial charge in [0.1, 0.15) is 0 Å². The molecular formula is C15H23ClN2O5S. The summed E-state index contributed by atoms with van der Waals surface area (Å²) < 4.78 is 24.5. The number of sulfone groups is 1. The summed E-state index contributed by atoms with van der Waals surface area (Å²) >= 11 is 0. The molecule has 1 aromatic rings. The van der Waals surface area contributed by atoms with Crippen molar-refractivity contribution < 1.29 is 23.4 Å². The number of rotatable bonds is 7. The molecule has 0 spiro atoms. The van der Waals surface area contributed by atoms with E-state index in [-0.39, 0.29) is 30.7 Å². The molecule has 2 N–H and O–H groups in total. The fourth-order valence-electron chi connectivity index (χ4n) is 2.79. The molecule has 1 aliphatic heterocycles. The maximum Gasteiger partial charge on any atom is 0.317 e. The van der Waals surface area contributed by atoms with Gasteiger partial charge in [-0.2, -0.15) is 0 Å². The van der Waals surface area contributed by atoms with Crippen molar-refractivity contribution in [1.82, 2.24) is 9.80 Å². The van der Waals surface area contributed by atoms with E-state index in [0.29, 0.717) is 24.5 Å². The van der Waals surface area contributed by atoms with Gasteiger partial charge < -0.3 is 10.2 Å². The summed E-state index contributed by atoms with van der Waals surface area (Å²) in [5, 5.41) is 18.9.